The Balaban J connectivity index is 1.64. The van der Waals surface area contributed by atoms with Gasteiger partial charge in [0.05, 0.1) is 0 Å². The van der Waals surface area contributed by atoms with Gasteiger partial charge in [-0.15, -0.1) is 0 Å². The second-order valence-corrected chi connectivity index (χ2v) is 5.86. The van der Waals surface area contributed by atoms with E-state index in [9.17, 15) is 9.59 Å². The third-order valence-electron chi connectivity index (χ3n) is 3.90. The Morgan fingerprint density at radius 1 is 0.923 bits per heavy atom. The molecule has 6 heteroatoms. The second kappa shape index (κ2) is 7.65. The van der Waals surface area contributed by atoms with Crippen molar-refractivity contribution in [2.45, 2.75) is 20.3 Å². The number of hydrogen-bond donors (Lipinski definition) is 2. The molecule has 1 aromatic heterocycles. The molecule has 0 aliphatic heterocycles. The molecular formula is C20H19N3O3. The highest BCUT2D eigenvalue weighted by Crippen LogP contribution is 2.14. The van der Waals surface area contributed by atoms with Gasteiger partial charge in [0.2, 0.25) is 0 Å². The van der Waals surface area contributed by atoms with E-state index in [4.69, 9.17) is 4.52 Å². The van der Waals surface area contributed by atoms with E-state index in [1.165, 1.54) is 5.56 Å². The van der Waals surface area contributed by atoms with E-state index in [1.54, 1.807) is 37.3 Å². The Bertz CT molecular complexity index is 912. The van der Waals surface area contributed by atoms with E-state index in [0.29, 0.717) is 22.7 Å². The maximum atomic E-state index is 12.3. The number of hydrogen-bond acceptors (Lipinski definition) is 4. The average Bonchev–Trinajstić information content (AvgIpc) is 3.07. The van der Waals surface area contributed by atoms with Crippen LogP contribution in [0.3, 0.4) is 0 Å². The van der Waals surface area contributed by atoms with Crippen molar-refractivity contribution in [2.24, 2.45) is 0 Å². The number of nitrogens with one attached hydrogen (secondary N) is 2. The van der Waals surface area contributed by atoms with Gasteiger partial charge in [0.15, 0.2) is 5.82 Å². The zero-order valence-corrected chi connectivity index (χ0v) is 14.6. The number of rotatable bonds is 5. The maximum absolute atomic E-state index is 12.3. The van der Waals surface area contributed by atoms with Crippen LogP contribution in [0.15, 0.2) is 59.1 Å². The summed E-state index contributed by atoms with van der Waals surface area (Å²) in [5.74, 6) is 0.415. The van der Waals surface area contributed by atoms with Gasteiger partial charge in [-0.1, -0.05) is 24.2 Å². The summed E-state index contributed by atoms with van der Waals surface area (Å²) < 4.78 is 4.91. The van der Waals surface area contributed by atoms with E-state index in [-0.39, 0.29) is 11.8 Å². The Hall–Kier alpha value is -3.41. The predicted molar refractivity (Wildman–Crippen MR) is 99.4 cm³/mol. The maximum Gasteiger partial charge on any atom is 0.256 e. The highest BCUT2D eigenvalue weighted by atomic mass is 16.5. The Labute approximate surface area is 151 Å². The number of carbonyl (C=O) groups is 2. The minimum Gasteiger partial charge on any atom is -0.360 e. The van der Waals surface area contributed by atoms with E-state index >= 15 is 0 Å². The van der Waals surface area contributed by atoms with Crippen LogP contribution in [0.1, 0.15) is 39.0 Å². The first kappa shape index (κ1) is 17.4. The fraction of sp³-hybridized carbons (Fsp3) is 0.150. The van der Waals surface area contributed by atoms with Crippen molar-refractivity contribution < 1.29 is 14.1 Å². The number of aromatic nitrogens is 1. The summed E-state index contributed by atoms with van der Waals surface area (Å²) in [6.45, 7) is 3.82. The van der Waals surface area contributed by atoms with Crippen LogP contribution in [0.4, 0.5) is 11.5 Å². The van der Waals surface area contributed by atoms with Crippen molar-refractivity contribution in [3.8, 4) is 0 Å². The van der Waals surface area contributed by atoms with Gasteiger partial charge >= 0.3 is 0 Å². The van der Waals surface area contributed by atoms with Crippen molar-refractivity contribution in [3.05, 3.63) is 77.0 Å². The minimum atomic E-state index is -0.319. The molecular weight excluding hydrogens is 330 g/mol. The molecule has 2 amide bonds. The van der Waals surface area contributed by atoms with E-state index < -0.39 is 0 Å². The molecule has 0 aliphatic rings. The molecule has 0 saturated carbocycles. The van der Waals surface area contributed by atoms with Crippen LogP contribution in [0, 0.1) is 6.92 Å². The third-order valence-corrected chi connectivity index (χ3v) is 3.90. The molecule has 0 spiro atoms. The van der Waals surface area contributed by atoms with Crippen molar-refractivity contribution in [3.63, 3.8) is 0 Å². The standard InChI is InChI=1S/C20H19N3O3/c1-3-14-4-10-17(11-5-14)21-19(24)15-6-8-16(9-7-15)20(25)22-18-12-13(2)26-23-18/h4-12H,3H2,1-2H3,(H,21,24)(H,22,23,25). The van der Waals surface area contributed by atoms with Crippen molar-refractivity contribution in [1.29, 1.82) is 0 Å². The van der Waals surface area contributed by atoms with Gasteiger partial charge in [-0.2, -0.15) is 0 Å². The first-order valence-electron chi connectivity index (χ1n) is 8.30. The van der Waals surface area contributed by atoms with Crippen LogP contribution in [-0.4, -0.2) is 17.0 Å². The summed E-state index contributed by atoms with van der Waals surface area (Å²) in [7, 11) is 0. The van der Waals surface area contributed by atoms with Crippen LogP contribution in [0.2, 0.25) is 0 Å². The molecule has 1 heterocycles. The van der Waals surface area contributed by atoms with Crippen LogP contribution in [0.25, 0.3) is 0 Å². The van der Waals surface area contributed by atoms with Gasteiger partial charge in [0.1, 0.15) is 5.76 Å². The molecule has 0 fully saturated rings. The molecule has 0 radical (unpaired) electrons. The van der Waals surface area contributed by atoms with Gasteiger partial charge in [0, 0.05) is 22.9 Å². The monoisotopic (exact) mass is 349 g/mol. The predicted octanol–water partition coefficient (Wildman–Crippen LogP) is 4.05. The largest absolute Gasteiger partial charge is 0.360 e. The highest BCUT2D eigenvalue weighted by molar-refractivity contribution is 6.06. The molecule has 0 atom stereocenters. The Morgan fingerprint density at radius 2 is 1.50 bits per heavy atom. The van der Waals surface area contributed by atoms with Gasteiger partial charge in [0.25, 0.3) is 11.8 Å². The van der Waals surface area contributed by atoms with Gasteiger partial charge in [-0.3, -0.25) is 9.59 Å². The smallest absolute Gasteiger partial charge is 0.256 e. The first-order chi connectivity index (χ1) is 12.5. The molecule has 2 N–H and O–H groups in total. The SMILES string of the molecule is CCc1ccc(NC(=O)c2ccc(C(=O)Nc3cc(C)on3)cc2)cc1. The molecule has 3 aromatic rings. The number of benzene rings is 2. The fourth-order valence-electron chi connectivity index (χ4n) is 2.41. The normalized spacial score (nSPS) is 10.4. The van der Waals surface area contributed by atoms with Crippen LogP contribution >= 0.6 is 0 Å². The number of nitrogens with zero attached hydrogens (tertiary/aromatic N) is 1. The molecule has 6 nitrogen and oxygen atoms in total. The van der Waals surface area contributed by atoms with Gasteiger partial charge in [-0.05, 0) is 55.3 Å². The van der Waals surface area contributed by atoms with Crippen LogP contribution in [-0.2, 0) is 6.42 Å². The summed E-state index contributed by atoms with van der Waals surface area (Å²) in [5, 5.41) is 9.19. The molecule has 0 aliphatic carbocycles. The molecule has 0 saturated heterocycles. The molecule has 2 aromatic carbocycles. The van der Waals surface area contributed by atoms with Crippen molar-refractivity contribution >= 4 is 23.3 Å². The number of anilines is 2. The lowest BCUT2D eigenvalue weighted by molar-refractivity contribution is 0.101. The summed E-state index contributed by atoms with van der Waals surface area (Å²) in [6.07, 6.45) is 0.950. The molecule has 0 unspecified atom stereocenters. The molecule has 26 heavy (non-hydrogen) atoms. The third kappa shape index (κ3) is 4.16. The zero-order chi connectivity index (χ0) is 18.5. The molecule has 0 bridgehead atoms. The first-order valence-corrected chi connectivity index (χ1v) is 8.30. The topological polar surface area (TPSA) is 84.2 Å². The second-order valence-electron chi connectivity index (χ2n) is 5.86. The van der Waals surface area contributed by atoms with Gasteiger partial charge < -0.3 is 15.2 Å². The Kier molecular flexibility index (Phi) is 5.12. The van der Waals surface area contributed by atoms with Crippen LogP contribution < -0.4 is 10.6 Å². The van der Waals surface area contributed by atoms with Gasteiger partial charge in [-0.25, -0.2) is 0 Å². The number of amides is 2. The fourth-order valence-corrected chi connectivity index (χ4v) is 2.41. The van der Waals surface area contributed by atoms with E-state index in [2.05, 4.69) is 22.7 Å². The van der Waals surface area contributed by atoms with Crippen molar-refractivity contribution in [2.75, 3.05) is 10.6 Å². The van der Waals surface area contributed by atoms with Crippen LogP contribution in [0.5, 0.6) is 0 Å². The molecule has 132 valence electrons. The minimum absolute atomic E-state index is 0.228. The lowest BCUT2D eigenvalue weighted by Gasteiger charge is -2.07. The highest BCUT2D eigenvalue weighted by Gasteiger charge is 2.11. The Morgan fingerprint density at radius 3 is 2.00 bits per heavy atom. The van der Waals surface area contributed by atoms with E-state index in [1.807, 2.05) is 24.3 Å². The summed E-state index contributed by atoms with van der Waals surface area (Å²) >= 11 is 0. The summed E-state index contributed by atoms with van der Waals surface area (Å²) in [5.41, 5.74) is 2.84. The lowest BCUT2D eigenvalue weighted by Crippen LogP contribution is -2.14. The summed E-state index contributed by atoms with van der Waals surface area (Å²) in [4.78, 5) is 24.5. The summed E-state index contributed by atoms with van der Waals surface area (Å²) in [6, 6.07) is 15.7. The molecule has 3 rings (SSSR count). The quantitative estimate of drug-likeness (QED) is 0.728. The van der Waals surface area contributed by atoms with E-state index in [0.717, 1.165) is 12.1 Å². The number of carbonyl (C=O) groups excluding carboxylic acids is 2. The zero-order valence-electron chi connectivity index (χ0n) is 14.6. The lowest BCUT2D eigenvalue weighted by atomic mass is 10.1. The van der Waals surface area contributed by atoms with Crippen molar-refractivity contribution in [1.82, 2.24) is 5.16 Å². The number of aryl methyl sites for hydroxylation is 2. The average molecular weight is 349 g/mol.